The fourth-order valence-electron chi connectivity index (χ4n) is 1.42. The van der Waals surface area contributed by atoms with Crippen LogP contribution in [0, 0.1) is 6.57 Å². The van der Waals surface area contributed by atoms with Crippen LogP contribution in [0.25, 0.3) is 16.1 Å². The Morgan fingerprint density at radius 1 is 1.28 bits per heavy atom. The van der Waals surface area contributed by atoms with E-state index in [2.05, 4.69) is 30.7 Å². The molecule has 0 amide bonds. The molecule has 0 saturated heterocycles. The van der Waals surface area contributed by atoms with Gasteiger partial charge >= 0.3 is 6.01 Å². The van der Waals surface area contributed by atoms with Crippen molar-refractivity contribution in [2.24, 2.45) is 0 Å². The third kappa shape index (κ3) is 2.26. The Balaban J connectivity index is 2.55. The van der Waals surface area contributed by atoms with Crippen LogP contribution in [0.1, 0.15) is 0 Å². The van der Waals surface area contributed by atoms with Gasteiger partial charge in [-0.05, 0) is 21.5 Å². The molecule has 18 heavy (non-hydrogen) atoms. The molecule has 1 aromatic heterocycles. The van der Waals surface area contributed by atoms with E-state index >= 15 is 0 Å². The molecule has 0 aliphatic rings. The molecule has 0 bridgehead atoms. The number of nitrogen functional groups attached to an aromatic ring is 1. The number of halogens is 1. The molecule has 2 N–H and O–H groups in total. The number of hydrogen-bond acceptors (Lipinski definition) is 4. The number of benzene rings is 1. The summed E-state index contributed by atoms with van der Waals surface area (Å²) in [5, 5.41) is 0. The summed E-state index contributed by atoms with van der Waals surface area (Å²) in [7, 11) is 1.48. The van der Waals surface area contributed by atoms with Crippen molar-refractivity contribution in [2.75, 3.05) is 12.8 Å². The Morgan fingerprint density at radius 2 is 1.94 bits per heavy atom. The number of rotatable bonds is 2. The molecule has 0 aliphatic carbocycles. The number of ether oxygens (including phenoxy) is 1. The average molecular weight is 305 g/mol. The number of methoxy groups -OCH3 is 1. The SMILES string of the molecule is [C-]#[N+]c1ccc(-c2nc(OC)nc(N)c2Br)cc1. The molecule has 2 aromatic rings. The zero-order valence-corrected chi connectivity index (χ0v) is 11.1. The number of nitrogens with zero attached hydrogens (tertiary/aromatic N) is 3. The number of hydrogen-bond donors (Lipinski definition) is 1. The quantitative estimate of drug-likeness (QED) is 0.866. The number of nitrogens with two attached hydrogens (primary N) is 1. The summed E-state index contributed by atoms with van der Waals surface area (Å²) >= 11 is 3.35. The maximum Gasteiger partial charge on any atom is 0.318 e. The molecule has 0 radical (unpaired) electrons. The topological polar surface area (TPSA) is 65.4 Å². The number of anilines is 1. The van der Waals surface area contributed by atoms with Gasteiger partial charge in [-0.2, -0.15) is 9.97 Å². The van der Waals surface area contributed by atoms with Gasteiger partial charge in [0.1, 0.15) is 5.82 Å². The van der Waals surface area contributed by atoms with Crippen LogP contribution in [-0.4, -0.2) is 17.1 Å². The van der Waals surface area contributed by atoms with Crippen molar-refractivity contribution in [3.63, 3.8) is 0 Å². The molecule has 1 aromatic carbocycles. The normalized spacial score (nSPS) is 9.83. The lowest BCUT2D eigenvalue weighted by molar-refractivity contribution is 0.381. The first-order valence-corrected chi connectivity index (χ1v) is 5.80. The molecule has 0 aliphatic heterocycles. The molecule has 0 atom stereocenters. The maximum absolute atomic E-state index is 6.91. The highest BCUT2D eigenvalue weighted by Gasteiger charge is 2.12. The van der Waals surface area contributed by atoms with Crippen molar-refractivity contribution in [3.05, 3.63) is 40.2 Å². The Hall–Kier alpha value is -2.13. The average Bonchev–Trinajstić information content (AvgIpc) is 2.42. The van der Waals surface area contributed by atoms with Crippen molar-refractivity contribution in [2.45, 2.75) is 0 Å². The Morgan fingerprint density at radius 3 is 2.50 bits per heavy atom. The fraction of sp³-hybridized carbons (Fsp3) is 0.0833. The molecule has 90 valence electrons. The van der Waals surface area contributed by atoms with E-state index < -0.39 is 0 Å². The van der Waals surface area contributed by atoms with Crippen molar-refractivity contribution in [3.8, 4) is 17.3 Å². The summed E-state index contributed by atoms with van der Waals surface area (Å²) in [6.45, 7) is 6.91. The fourth-order valence-corrected chi connectivity index (χ4v) is 1.83. The summed E-state index contributed by atoms with van der Waals surface area (Å²) in [4.78, 5) is 11.5. The van der Waals surface area contributed by atoms with E-state index in [1.807, 2.05) is 0 Å². The molecule has 0 unspecified atom stereocenters. The van der Waals surface area contributed by atoms with Gasteiger partial charge in [-0.25, -0.2) is 4.85 Å². The van der Waals surface area contributed by atoms with Crippen LogP contribution in [0.5, 0.6) is 6.01 Å². The van der Waals surface area contributed by atoms with Crippen LogP contribution < -0.4 is 10.5 Å². The summed E-state index contributed by atoms with van der Waals surface area (Å²) in [6, 6.07) is 7.26. The van der Waals surface area contributed by atoms with E-state index in [0.29, 0.717) is 21.7 Å². The first-order valence-electron chi connectivity index (χ1n) is 5.00. The third-order valence-corrected chi connectivity index (χ3v) is 3.09. The number of aromatic nitrogens is 2. The summed E-state index contributed by atoms with van der Waals surface area (Å²) in [5.74, 6) is 0.311. The summed E-state index contributed by atoms with van der Waals surface area (Å²) in [5.41, 5.74) is 7.81. The highest BCUT2D eigenvalue weighted by molar-refractivity contribution is 9.10. The summed E-state index contributed by atoms with van der Waals surface area (Å²) in [6.07, 6.45) is 0. The van der Waals surface area contributed by atoms with Crippen molar-refractivity contribution in [1.82, 2.24) is 9.97 Å². The Kier molecular flexibility index (Phi) is 3.44. The largest absolute Gasteiger partial charge is 0.467 e. The van der Waals surface area contributed by atoms with Gasteiger partial charge in [0, 0.05) is 0 Å². The van der Waals surface area contributed by atoms with Crippen LogP contribution in [0.3, 0.4) is 0 Å². The molecule has 6 heteroatoms. The van der Waals surface area contributed by atoms with Crippen molar-refractivity contribution < 1.29 is 4.74 Å². The van der Waals surface area contributed by atoms with E-state index in [1.165, 1.54) is 7.11 Å². The Labute approximate surface area is 113 Å². The summed E-state index contributed by atoms with van der Waals surface area (Å²) < 4.78 is 5.60. The van der Waals surface area contributed by atoms with Gasteiger partial charge in [-0.1, -0.05) is 24.3 Å². The lowest BCUT2D eigenvalue weighted by Gasteiger charge is -2.08. The standard InChI is InChI=1S/C12H9BrN4O/c1-15-8-5-3-7(4-6-8)10-9(13)11(14)17-12(16-10)18-2/h3-6H,2H3,(H2,14,16,17). The minimum Gasteiger partial charge on any atom is -0.467 e. The molecular weight excluding hydrogens is 296 g/mol. The van der Waals surface area contributed by atoms with E-state index in [0.717, 1.165) is 5.56 Å². The van der Waals surface area contributed by atoms with Crippen molar-refractivity contribution >= 4 is 27.4 Å². The molecule has 2 rings (SSSR count). The highest BCUT2D eigenvalue weighted by atomic mass is 79.9. The smallest absolute Gasteiger partial charge is 0.318 e. The van der Waals surface area contributed by atoms with E-state index in [-0.39, 0.29) is 6.01 Å². The van der Waals surface area contributed by atoms with Crippen LogP contribution >= 0.6 is 15.9 Å². The van der Waals surface area contributed by atoms with Gasteiger partial charge in [-0.15, -0.1) is 0 Å². The predicted molar refractivity (Wildman–Crippen MR) is 72.4 cm³/mol. The second kappa shape index (κ2) is 5.02. The molecule has 5 nitrogen and oxygen atoms in total. The molecule has 0 spiro atoms. The minimum absolute atomic E-state index is 0.208. The van der Waals surface area contributed by atoms with Gasteiger partial charge in [0.15, 0.2) is 5.69 Å². The molecule has 1 heterocycles. The van der Waals surface area contributed by atoms with Crippen LogP contribution in [0.2, 0.25) is 0 Å². The van der Waals surface area contributed by atoms with Gasteiger partial charge in [0.2, 0.25) is 0 Å². The lowest BCUT2D eigenvalue weighted by Crippen LogP contribution is -2.00. The minimum atomic E-state index is 0.208. The lowest BCUT2D eigenvalue weighted by atomic mass is 10.1. The van der Waals surface area contributed by atoms with Crippen LogP contribution in [-0.2, 0) is 0 Å². The molecular formula is C12H9BrN4O. The monoisotopic (exact) mass is 304 g/mol. The van der Waals surface area contributed by atoms with Crippen LogP contribution in [0.15, 0.2) is 28.7 Å². The molecule has 0 saturated carbocycles. The third-order valence-electron chi connectivity index (χ3n) is 2.31. The second-order valence-electron chi connectivity index (χ2n) is 3.42. The van der Waals surface area contributed by atoms with E-state index in [1.54, 1.807) is 24.3 Å². The first kappa shape index (κ1) is 12.3. The highest BCUT2D eigenvalue weighted by Crippen LogP contribution is 2.32. The first-order chi connectivity index (χ1) is 8.65. The van der Waals surface area contributed by atoms with Gasteiger partial charge < -0.3 is 10.5 Å². The zero-order chi connectivity index (χ0) is 13.1. The van der Waals surface area contributed by atoms with E-state index in [9.17, 15) is 0 Å². The van der Waals surface area contributed by atoms with Gasteiger partial charge in [-0.3, -0.25) is 0 Å². The van der Waals surface area contributed by atoms with Crippen LogP contribution in [0.4, 0.5) is 11.5 Å². The Bertz CT molecular complexity index is 619. The maximum atomic E-state index is 6.91. The second-order valence-corrected chi connectivity index (χ2v) is 4.21. The molecule has 0 fully saturated rings. The van der Waals surface area contributed by atoms with Gasteiger partial charge in [0.25, 0.3) is 0 Å². The predicted octanol–water partition coefficient (Wildman–Crippen LogP) is 3.05. The van der Waals surface area contributed by atoms with Crippen molar-refractivity contribution in [1.29, 1.82) is 0 Å². The zero-order valence-electron chi connectivity index (χ0n) is 9.51. The van der Waals surface area contributed by atoms with Gasteiger partial charge in [0.05, 0.1) is 23.8 Å². The van der Waals surface area contributed by atoms with E-state index in [4.69, 9.17) is 17.0 Å².